The first-order valence-corrected chi connectivity index (χ1v) is 3.70. The van der Waals surface area contributed by atoms with Gasteiger partial charge in [0.15, 0.2) is 11.6 Å². The van der Waals surface area contributed by atoms with Gasteiger partial charge >= 0.3 is 6.61 Å². The number of nitrogens with zero attached hydrogens (tertiary/aromatic N) is 1. The van der Waals surface area contributed by atoms with E-state index < -0.39 is 18.2 Å². The van der Waals surface area contributed by atoms with Gasteiger partial charge in [-0.1, -0.05) is 6.07 Å². The lowest BCUT2D eigenvalue weighted by Gasteiger charge is -2.07. The highest BCUT2D eigenvalue weighted by Gasteiger charge is 2.14. The summed E-state index contributed by atoms with van der Waals surface area (Å²) < 4.78 is 40.6. The van der Waals surface area contributed by atoms with E-state index in [1.807, 2.05) is 0 Å². The molecule has 74 valence electrons. The van der Waals surface area contributed by atoms with Crippen LogP contribution in [0.3, 0.4) is 0 Å². The maximum atomic E-state index is 13.2. The molecule has 0 saturated carbocycles. The molecule has 0 amide bonds. The lowest BCUT2D eigenvalue weighted by Crippen LogP contribution is -2.05. The predicted octanol–water partition coefficient (Wildman–Crippen LogP) is 2.61. The summed E-state index contributed by atoms with van der Waals surface area (Å²) in [7, 11) is 0. The van der Waals surface area contributed by atoms with Crippen molar-refractivity contribution in [1.82, 2.24) is 0 Å². The molecule has 1 aromatic carbocycles. The van der Waals surface area contributed by atoms with Crippen molar-refractivity contribution in [3.05, 3.63) is 29.1 Å². The molecule has 0 saturated heterocycles. The molecule has 0 aliphatic heterocycles. The number of nitriles is 1. The van der Waals surface area contributed by atoms with Gasteiger partial charge in [-0.2, -0.15) is 14.0 Å². The molecule has 0 fully saturated rings. The van der Waals surface area contributed by atoms with Gasteiger partial charge in [0.25, 0.3) is 0 Å². The lowest BCUT2D eigenvalue weighted by molar-refractivity contribution is -0.0522. The van der Waals surface area contributed by atoms with Crippen molar-refractivity contribution < 1.29 is 17.9 Å². The summed E-state index contributed by atoms with van der Waals surface area (Å²) in [4.78, 5) is 0. The van der Waals surface area contributed by atoms with Crippen molar-refractivity contribution in [2.75, 3.05) is 0 Å². The van der Waals surface area contributed by atoms with E-state index in [-0.39, 0.29) is 5.56 Å². The highest BCUT2D eigenvalue weighted by molar-refractivity contribution is 5.44. The molecule has 0 aliphatic carbocycles. The van der Waals surface area contributed by atoms with E-state index in [1.165, 1.54) is 13.0 Å². The van der Waals surface area contributed by atoms with Gasteiger partial charge in [0.05, 0.1) is 5.56 Å². The molecule has 0 N–H and O–H groups in total. The zero-order valence-corrected chi connectivity index (χ0v) is 7.22. The van der Waals surface area contributed by atoms with Gasteiger partial charge in [-0.25, -0.2) is 4.39 Å². The molecular formula is C9H6F3NO. The third-order valence-corrected chi connectivity index (χ3v) is 1.64. The predicted molar refractivity (Wildman–Crippen MR) is 42.5 cm³/mol. The van der Waals surface area contributed by atoms with Crippen LogP contribution in [0.5, 0.6) is 5.75 Å². The Balaban J connectivity index is 3.16. The summed E-state index contributed by atoms with van der Waals surface area (Å²) in [6, 6.07) is 3.99. The number of halogens is 3. The normalized spacial score (nSPS) is 10.0. The number of alkyl halides is 2. The smallest absolute Gasteiger partial charge is 0.387 e. The van der Waals surface area contributed by atoms with Crippen LogP contribution in [0.2, 0.25) is 0 Å². The Bertz CT molecular complexity index is 384. The average Bonchev–Trinajstić information content (AvgIpc) is 2.10. The van der Waals surface area contributed by atoms with Crippen LogP contribution in [0.4, 0.5) is 13.2 Å². The fraction of sp³-hybridized carbons (Fsp3) is 0.222. The molecule has 1 rings (SSSR count). The molecule has 0 bridgehead atoms. The van der Waals surface area contributed by atoms with Crippen LogP contribution in [-0.4, -0.2) is 6.61 Å². The summed E-state index contributed by atoms with van der Waals surface area (Å²) in [6.07, 6.45) is 0. The van der Waals surface area contributed by atoms with Crippen molar-refractivity contribution in [1.29, 1.82) is 5.26 Å². The van der Waals surface area contributed by atoms with Crippen LogP contribution in [0, 0.1) is 24.1 Å². The van der Waals surface area contributed by atoms with Gasteiger partial charge < -0.3 is 4.74 Å². The highest BCUT2D eigenvalue weighted by Crippen LogP contribution is 2.24. The first kappa shape index (κ1) is 10.4. The van der Waals surface area contributed by atoms with Crippen molar-refractivity contribution >= 4 is 0 Å². The average molecular weight is 201 g/mol. The van der Waals surface area contributed by atoms with E-state index in [9.17, 15) is 13.2 Å². The molecule has 0 radical (unpaired) electrons. The van der Waals surface area contributed by atoms with Gasteiger partial charge in [-0.15, -0.1) is 0 Å². The fourth-order valence-electron chi connectivity index (χ4n) is 0.978. The quantitative estimate of drug-likeness (QED) is 0.736. The van der Waals surface area contributed by atoms with Gasteiger partial charge in [-0.3, -0.25) is 0 Å². The molecule has 0 unspecified atom stereocenters. The van der Waals surface area contributed by atoms with Gasteiger partial charge in [0.2, 0.25) is 0 Å². The number of hydrogen-bond donors (Lipinski definition) is 0. The Kier molecular flexibility index (Phi) is 2.97. The van der Waals surface area contributed by atoms with E-state index in [4.69, 9.17) is 5.26 Å². The molecule has 0 heterocycles. The minimum atomic E-state index is -3.10. The monoisotopic (exact) mass is 201 g/mol. The minimum Gasteiger partial charge on any atom is -0.432 e. The molecule has 0 spiro atoms. The summed E-state index contributed by atoms with van der Waals surface area (Å²) in [6.45, 7) is -1.59. The van der Waals surface area contributed by atoms with Crippen molar-refractivity contribution in [2.24, 2.45) is 0 Å². The second kappa shape index (κ2) is 4.01. The van der Waals surface area contributed by atoms with Crippen LogP contribution in [0.25, 0.3) is 0 Å². The molecule has 2 nitrogen and oxygen atoms in total. The van der Waals surface area contributed by atoms with Gasteiger partial charge in [0, 0.05) is 0 Å². The van der Waals surface area contributed by atoms with Crippen LogP contribution in [0.15, 0.2) is 12.1 Å². The summed E-state index contributed by atoms with van der Waals surface area (Å²) >= 11 is 0. The fourth-order valence-corrected chi connectivity index (χ4v) is 0.978. The van der Waals surface area contributed by atoms with E-state index in [2.05, 4.69) is 4.74 Å². The third kappa shape index (κ3) is 1.96. The second-order valence-electron chi connectivity index (χ2n) is 2.56. The molecule has 14 heavy (non-hydrogen) atoms. The third-order valence-electron chi connectivity index (χ3n) is 1.64. The molecule has 0 aromatic heterocycles. The number of benzene rings is 1. The summed E-state index contributed by atoms with van der Waals surface area (Å²) in [5, 5.41) is 8.52. The van der Waals surface area contributed by atoms with Crippen LogP contribution in [-0.2, 0) is 0 Å². The van der Waals surface area contributed by atoms with Gasteiger partial charge in [-0.05, 0) is 18.6 Å². The van der Waals surface area contributed by atoms with E-state index in [1.54, 1.807) is 6.07 Å². The van der Waals surface area contributed by atoms with Crippen LogP contribution >= 0.6 is 0 Å². The maximum Gasteiger partial charge on any atom is 0.387 e. The SMILES string of the molecule is Cc1ccc(OC(F)F)c(F)c1C#N. The molecule has 5 heteroatoms. The lowest BCUT2D eigenvalue weighted by atomic mass is 10.1. The zero-order chi connectivity index (χ0) is 10.7. The summed E-state index contributed by atoms with van der Waals surface area (Å²) in [5.41, 5.74) is 0.106. The summed E-state index contributed by atoms with van der Waals surface area (Å²) in [5.74, 6) is -1.66. The Morgan fingerprint density at radius 1 is 1.43 bits per heavy atom. The highest BCUT2D eigenvalue weighted by atomic mass is 19.3. The Labute approximate surface area is 78.5 Å². The molecule has 0 atom stereocenters. The van der Waals surface area contributed by atoms with E-state index >= 15 is 0 Å². The second-order valence-corrected chi connectivity index (χ2v) is 2.56. The number of rotatable bonds is 2. The van der Waals surface area contributed by atoms with Crippen molar-refractivity contribution in [3.8, 4) is 11.8 Å². The molecular weight excluding hydrogens is 195 g/mol. The largest absolute Gasteiger partial charge is 0.432 e. The zero-order valence-electron chi connectivity index (χ0n) is 7.22. The minimum absolute atomic E-state index is 0.275. The van der Waals surface area contributed by atoms with E-state index in [0.29, 0.717) is 5.56 Å². The molecule has 1 aromatic rings. The Morgan fingerprint density at radius 2 is 2.07 bits per heavy atom. The van der Waals surface area contributed by atoms with Crippen LogP contribution in [0.1, 0.15) is 11.1 Å². The Hall–Kier alpha value is -1.70. The maximum absolute atomic E-state index is 13.2. The van der Waals surface area contributed by atoms with Crippen molar-refractivity contribution in [2.45, 2.75) is 13.5 Å². The van der Waals surface area contributed by atoms with Gasteiger partial charge in [0.1, 0.15) is 6.07 Å². The van der Waals surface area contributed by atoms with E-state index in [0.717, 1.165) is 6.07 Å². The van der Waals surface area contributed by atoms with Crippen LogP contribution < -0.4 is 4.74 Å². The first-order chi connectivity index (χ1) is 6.56. The topological polar surface area (TPSA) is 33.0 Å². The molecule has 0 aliphatic rings. The Morgan fingerprint density at radius 3 is 2.57 bits per heavy atom. The number of ether oxygens (including phenoxy) is 1. The first-order valence-electron chi connectivity index (χ1n) is 3.70. The number of hydrogen-bond acceptors (Lipinski definition) is 2. The van der Waals surface area contributed by atoms with Crippen molar-refractivity contribution in [3.63, 3.8) is 0 Å². The number of aryl methyl sites for hydroxylation is 1. The standard InChI is InChI=1S/C9H6F3NO/c1-5-2-3-7(14-9(11)12)8(10)6(5)4-13/h2-3,9H,1H3.